The highest BCUT2D eigenvalue weighted by atomic mass is 32.2. The van der Waals surface area contributed by atoms with E-state index < -0.39 is 32.5 Å². The number of carbonyl (C=O) groups excluding carboxylic acids is 1. The molecule has 1 aliphatic rings. The molecule has 0 aromatic heterocycles. The third kappa shape index (κ3) is 5.11. The zero-order valence-electron chi connectivity index (χ0n) is 19.1. The molecule has 33 heavy (non-hydrogen) atoms. The summed E-state index contributed by atoms with van der Waals surface area (Å²) in [4.78, 5) is 23.9. The van der Waals surface area contributed by atoms with Gasteiger partial charge in [0.15, 0.2) is 0 Å². The summed E-state index contributed by atoms with van der Waals surface area (Å²) in [6, 6.07) is 11.2. The molecule has 2 aromatic rings. The van der Waals surface area contributed by atoms with Crippen molar-refractivity contribution in [3.05, 3.63) is 64.2 Å². The second kappa shape index (κ2) is 9.38. The Morgan fingerprint density at radius 2 is 1.91 bits per heavy atom. The minimum Gasteiger partial charge on any atom is -0.487 e. The summed E-state index contributed by atoms with van der Waals surface area (Å²) in [5.74, 6) is 0.193. The quantitative estimate of drug-likeness (QED) is 0.456. The second-order valence-electron chi connectivity index (χ2n) is 8.31. The third-order valence-corrected chi connectivity index (χ3v) is 7.43. The van der Waals surface area contributed by atoms with Crippen molar-refractivity contribution in [3.63, 3.8) is 0 Å². The smallest absolute Gasteiger partial charge is 0.271 e. The minimum absolute atomic E-state index is 0.0539. The van der Waals surface area contributed by atoms with Crippen LogP contribution in [0.5, 0.6) is 5.75 Å². The Balaban J connectivity index is 1.93. The van der Waals surface area contributed by atoms with E-state index in [4.69, 9.17) is 4.74 Å². The van der Waals surface area contributed by atoms with Crippen LogP contribution in [0.25, 0.3) is 0 Å². The van der Waals surface area contributed by atoms with Gasteiger partial charge in [-0.05, 0) is 31.9 Å². The Morgan fingerprint density at radius 3 is 2.52 bits per heavy atom. The van der Waals surface area contributed by atoms with Crippen LogP contribution in [0, 0.1) is 10.1 Å². The maximum Gasteiger partial charge on any atom is 0.271 e. The van der Waals surface area contributed by atoms with Gasteiger partial charge in [0.05, 0.1) is 22.9 Å². The molecule has 10 heteroatoms. The van der Waals surface area contributed by atoms with Gasteiger partial charge in [0.1, 0.15) is 17.4 Å². The molecule has 1 heterocycles. The molecule has 0 saturated heterocycles. The maximum atomic E-state index is 13.3. The first kappa shape index (κ1) is 24.5. The van der Waals surface area contributed by atoms with E-state index in [-0.39, 0.29) is 17.4 Å². The highest BCUT2D eigenvalue weighted by Gasteiger charge is 2.40. The van der Waals surface area contributed by atoms with Gasteiger partial charge in [-0.15, -0.1) is 0 Å². The van der Waals surface area contributed by atoms with Gasteiger partial charge in [-0.2, -0.15) is 0 Å². The molecule has 0 saturated carbocycles. The fourth-order valence-corrected chi connectivity index (χ4v) is 5.44. The van der Waals surface area contributed by atoms with Crippen LogP contribution in [0.1, 0.15) is 51.6 Å². The number of amides is 1. The number of sulfonamides is 1. The van der Waals surface area contributed by atoms with Crippen LogP contribution in [0.3, 0.4) is 0 Å². The van der Waals surface area contributed by atoms with E-state index >= 15 is 0 Å². The van der Waals surface area contributed by atoms with E-state index in [9.17, 15) is 23.3 Å². The number of rotatable bonds is 8. The monoisotopic (exact) mass is 475 g/mol. The number of nitrogens with zero attached hydrogens (tertiary/aromatic N) is 2. The number of carbonyl (C=O) groups is 1. The van der Waals surface area contributed by atoms with E-state index in [0.717, 1.165) is 35.0 Å². The lowest BCUT2D eigenvalue weighted by Crippen LogP contribution is -2.51. The fourth-order valence-electron chi connectivity index (χ4n) is 4.27. The van der Waals surface area contributed by atoms with E-state index in [1.807, 2.05) is 38.1 Å². The standard InChI is InChI=1S/C23H29N3O6S/c1-5-23(6-2)15-20(19-12-7-8-13-21(19)32-23)24-22(27)16(3)25(33(4,30)31)17-10-9-11-18(14-17)26(28)29/h7-14,16,20H,5-6,15H2,1-4H3,(H,24,27)/t16-,20-/m1/s1. The molecule has 0 fully saturated rings. The summed E-state index contributed by atoms with van der Waals surface area (Å²) in [5.41, 5.74) is 0.185. The third-order valence-electron chi connectivity index (χ3n) is 6.19. The van der Waals surface area contributed by atoms with Gasteiger partial charge in [0.2, 0.25) is 15.9 Å². The molecule has 2 atom stereocenters. The van der Waals surface area contributed by atoms with Crippen molar-refractivity contribution >= 4 is 27.3 Å². The molecule has 1 aliphatic heterocycles. The molecule has 3 rings (SSSR count). The SMILES string of the molecule is CCC1(CC)C[C@@H](NC(=O)[C@@H](C)N(c2cccc([N+](=O)[O-])c2)S(C)(=O)=O)c2ccccc2O1. The largest absolute Gasteiger partial charge is 0.487 e. The number of nitrogens with one attached hydrogen (secondary N) is 1. The minimum atomic E-state index is -3.91. The van der Waals surface area contributed by atoms with Gasteiger partial charge >= 0.3 is 0 Å². The summed E-state index contributed by atoms with van der Waals surface area (Å²) < 4.78 is 32.4. The van der Waals surface area contributed by atoms with Crippen LogP contribution >= 0.6 is 0 Å². The van der Waals surface area contributed by atoms with Crippen molar-refractivity contribution in [2.24, 2.45) is 0 Å². The van der Waals surface area contributed by atoms with E-state index in [2.05, 4.69) is 5.32 Å². The summed E-state index contributed by atoms with van der Waals surface area (Å²) in [7, 11) is -3.91. The first-order valence-corrected chi connectivity index (χ1v) is 12.7. The lowest BCUT2D eigenvalue weighted by atomic mass is 9.83. The Morgan fingerprint density at radius 1 is 1.24 bits per heavy atom. The molecule has 0 aliphatic carbocycles. The lowest BCUT2D eigenvalue weighted by molar-refractivity contribution is -0.384. The zero-order valence-corrected chi connectivity index (χ0v) is 20.0. The highest BCUT2D eigenvalue weighted by molar-refractivity contribution is 7.92. The number of benzene rings is 2. The Bertz CT molecular complexity index is 1150. The van der Waals surface area contributed by atoms with E-state index in [1.165, 1.54) is 25.1 Å². The molecular weight excluding hydrogens is 446 g/mol. The molecule has 1 N–H and O–H groups in total. The summed E-state index contributed by atoms with van der Waals surface area (Å²) in [5, 5.41) is 14.2. The fraction of sp³-hybridized carbons (Fsp3) is 0.435. The molecule has 178 valence electrons. The van der Waals surface area contributed by atoms with Gasteiger partial charge in [-0.25, -0.2) is 8.42 Å². The first-order chi connectivity index (χ1) is 15.5. The van der Waals surface area contributed by atoms with Gasteiger partial charge in [0.25, 0.3) is 5.69 Å². The number of nitro groups is 1. The summed E-state index contributed by atoms with van der Waals surface area (Å²) >= 11 is 0. The van der Waals surface area contributed by atoms with Crippen molar-refractivity contribution in [1.29, 1.82) is 0 Å². The van der Waals surface area contributed by atoms with Crippen molar-refractivity contribution in [3.8, 4) is 5.75 Å². The van der Waals surface area contributed by atoms with Crippen LogP contribution in [0.2, 0.25) is 0 Å². The molecule has 0 spiro atoms. The molecular formula is C23H29N3O6S. The number of ether oxygens (including phenoxy) is 1. The number of non-ortho nitro benzene ring substituents is 1. The highest BCUT2D eigenvalue weighted by Crippen LogP contribution is 2.42. The number of anilines is 1. The molecule has 1 amide bonds. The number of para-hydroxylation sites is 1. The van der Waals surface area contributed by atoms with E-state index in [1.54, 1.807) is 0 Å². The van der Waals surface area contributed by atoms with Crippen molar-refractivity contribution in [1.82, 2.24) is 5.32 Å². The van der Waals surface area contributed by atoms with Crippen LogP contribution in [0.4, 0.5) is 11.4 Å². The normalized spacial score (nSPS) is 17.9. The summed E-state index contributed by atoms with van der Waals surface area (Å²) in [6.45, 7) is 5.53. The van der Waals surface area contributed by atoms with Crippen molar-refractivity contribution < 1.29 is 22.9 Å². The molecule has 2 aromatic carbocycles. The van der Waals surface area contributed by atoms with Gasteiger partial charge in [0, 0.05) is 24.1 Å². The lowest BCUT2D eigenvalue weighted by Gasteiger charge is -2.42. The van der Waals surface area contributed by atoms with Crippen molar-refractivity contribution in [2.75, 3.05) is 10.6 Å². The number of hydrogen-bond donors (Lipinski definition) is 1. The number of hydrogen-bond acceptors (Lipinski definition) is 6. The second-order valence-corrected chi connectivity index (χ2v) is 10.2. The molecule has 0 radical (unpaired) electrons. The Labute approximate surface area is 193 Å². The average molecular weight is 476 g/mol. The molecule has 9 nitrogen and oxygen atoms in total. The average Bonchev–Trinajstić information content (AvgIpc) is 2.78. The summed E-state index contributed by atoms with van der Waals surface area (Å²) in [6.07, 6.45) is 3.02. The van der Waals surface area contributed by atoms with Crippen LogP contribution in [-0.2, 0) is 14.8 Å². The van der Waals surface area contributed by atoms with Crippen molar-refractivity contribution in [2.45, 2.75) is 57.7 Å². The first-order valence-electron chi connectivity index (χ1n) is 10.8. The van der Waals surface area contributed by atoms with Crippen LogP contribution in [0.15, 0.2) is 48.5 Å². The van der Waals surface area contributed by atoms with Crippen LogP contribution < -0.4 is 14.4 Å². The van der Waals surface area contributed by atoms with E-state index in [0.29, 0.717) is 12.2 Å². The van der Waals surface area contributed by atoms with Gasteiger partial charge in [-0.3, -0.25) is 19.2 Å². The van der Waals surface area contributed by atoms with Gasteiger partial charge in [-0.1, -0.05) is 38.1 Å². The predicted molar refractivity (Wildman–Crippen MR) is 126 cm³/mol. The zero-order chi connectivity index (χ0) is 24.4. The number of nitro benzene ring substituents is 1. The van der Waals surface area contributed by atoms with Gasteiger partial charge < -0.3 is 10.1 Å². The Hall–Kier alpha value is -3.14. The topological polar surface area (TPSA) is 119 Å². The number of fused-ring (bicyclic) bond motifs is 1. The Kier molecular flexibility index (Phi) is 6.97. The molecule has 0 bridgehead atoms. The molecule has 0 unspecified atom stereocenters. The predicted octanol–water partition coefficient (Wildman–Crippen LogP) is 3.95. The van der Waals surface area contributed by atoms with Crippen LogP contribution in [-0.4, -0.2) is 37.1 Å². The maximum absolute atomic E-state index is 13.3.